The first-order valence-corrected chi connectivity index (χ1v) is 6.33. The standard InChI is InChI=1S/C13H19ClN2O2/c1-13(2,9-17)5-3-6-16-12(18)10-4-7-15-8-11(10)14/h4,7-8,17H,3,5-6,9H2,1-2H3,(H,16,18). The van der Waals surface area contributed by atoms with Crippen LogP contribution in [0.4, 0.5) is 0 Å². The molecule has 0 saturated heterocycles. The van der Waals surface area contributed by atoms with Crippen LogP contribution in [0.25, 0.3) is 0 Å². The van der Waals surface area contributed by atoms with Crippen LogP contribution in [-0.4, -0.2) is 29.1 Å². The number of pyridine rings is 1. The van der Waals surface area contributed by atoms with Crippen molar-refractivity contribution in [2.75, 3.05) is 13.2 Å². The number of amides is 1. The van der Waals surface area contributed by atoms with E-state index in [-0.39, 0.29) is 17.9 Å². The van der Waals surface area contributed by atoms with Crippen LogP contribution in [0.5, 0.6) is 0 Å². The normalized spacial score (nSPS) is 11.3. The number of nitrogens with zero attached hydrogens (tertiary/aromatic N) is 1. The Labute approximate surface area is 112 Å². The third kappa shape index (κ3) is 4.63. The Hall–Kier alpha value is -1.13. The van der Waals surface area contributed by atoms with Crippen molar-refractivity contribution in [2.24, 2.45) is 5.41 Å². The highest BCUT2D eigenvalue weighted by Gasteiger charge is 2.16. The summed E-state index contributed by atoms with van der Waals surface area (Å²) >= 11 is 5.87. The highest BCUT2D eigenvalue weighted by Crippen LogP contribution is 2.20. The number of hydrogen-bond donors (Lipinski definition) is 2. The third-order valence-corrected chi connectivity index (χ3v) is 3.06. The lowest BCUT2D eigenvalue weighted by Crippen LogP contribution is -2.26. The summed E-state index contributed by atoms with van der Waals surface area (Å²) in [6, 6.07) is 1.59. The molecule has 4 nitrogen and oxygen atoms in total. The summed E-state index contributed by atoms with van der Waals surface area (Å²) in [5.41, 5.74) is 0.340. The summed E-state index contributed by atoms with van der Waals surface area (Å²) in [7, 11) is 0. The second-order valence-electron chi connectivity index (χ2n) is 5.04. The molecule has 18 heavy (non-hydrogen) atoms. The van der Waals surface area contributed by atoms with Crippen LogP contribution in [0.2, 0.25) is 5.02 Å². The van der Waals surface area contributed by atoms with Crippen molar-refractivity contribution >= 4 is 17.5 Å². The number of aliphatic hydroxyl groups is 1. The Morgan fingerprint density at radius 2 is 2.28 bits per heavy atom. The summed E-state index contributed by atoms with van der Waals surface area (Å²) in [6.45, 7) is 4.71. The number of aromatic nitrogens is 1. The number of halogens is 1. The van der Waals surface area contributed by atoms with Gasteiger partial charge in [0.25, 0.3) is 5.91 Å². The summed E-state index contributed by atoms with van der Waals surface area (Å²) < 4.78 is 0. The first-order chi connectivity index (χ1) is 8.46. The lowest BCUT2D eigenvalue weighted by molar-refractivity contribution is 0.0948. The molecule has 1 aromatic heterocycles. The van der Waals surface area contributed by atoms with E-state index in [1.54, 1.807) is 6.07 Å². The largest absolute Gasteiger partial charge is 0.396 e. The van der Waals surface area contributed by atoms with Gasteiger partial charge in [0.1, 0.15) is 0 Å². The lowest BCUT2D eigenvalue weighted by atomic mass is 9.89. The highest BCUT2D eigenvalue weighted by molar-refractivity contribution is 6.33. The summed E-state index contributed by atoms with van der Waals surface area (Å²) in [4.78, 5) is 15.6. The van der Waals surface area contributed by atoms with Gasteiger partial charge in [-0.25, -0.2) is 0 Å². The average molecular weight is 271 g/mol. The van der Waals surface area contributed by atoms with Gasteiger partial charge in [-0.3, -0.25) is 9.78 Å². The van der Waals surface area contributed by atoms with Crippen molar-refractivity contribution in [1.82, 2.24) is 10.3 Å². The van der Waals surface area contributed by atoms with E-state index in [9.17, 15) is 4.79 Å². The second-order valence-corrected chi connectivity index (χ2v) is 5.44. The molecule has 2 N–H and O–H groups in total. The van der Waals surface area contributed by atoms with Crippen LogP contribution in [0.3, 0.4) is 0 Å². The zero-order valence-electron chi connectivity index (χ0n) is 10.7. The van der Waals surface area contributed by atoms with Crippen LogP contribution in [0.1, 0.15) is 37.0 Å². The number of carbonyl (C=O) groups excluding carboxylic acids is 1. The predicted octanol–water partition coefficient (Wildman–Crippen LogP) is 2.26. The van der Waals surface area contributed by atoms with Crippen molar-refractivity contribution < 1.29 is 9.90 Å². The van der Waals surface area contributed by atoms with Gasteiger partial charge in [-0.1, -0.05) is 25.4 Å². The van der Waals surface area contributed by atoms with Crippen molar-refractivity contribution in [3.8, 4) is 0 Å². The molecule has 100 valence electrons. The number of hydrogen-bond acceptors (Lipinski definition) is 3. The molecule has 1 aromatic rings. The first kappa shape index (κ1) is 14.9. The Bertz CT molecular complexity index is 408. The summed E-state index contributed by atoms with van der Waals surface area (Å²) in [5.74, 6) is -0.191. The molecule has 0 unspecified atom stereocenters. The van der Waals surface area contributed by atoms with Gasteiger partial charge in [0.15, 0.2) is 0 Å². The Morgan fingerprint density at radius 1 is 1.56 bits per heavy atom. The first-order valence-electron chi connectivity index (χ1n) is 5.95. The molecular formula is C13H19ClN2O2. The van der Waals surface area contributed by atoms with Crippen molar-refractivity contribution in [1.29, 1.82) is 0 Å². The van der Waals surface area contributed by atoms with E-state index in [4.69, 9.17) is 16.7 Å². The monoisotopic (exact) mass is 270 g/mol. The van der Waals surface area contributed by atoms with E-state index in [2.05, 4.69) is 10.3 Å². The van der Waals surface area contributed by atoms with E-state index in [0.29, 0.717) is 17.1 Å². The van der Waals surface area contributed by atoms with Gasteiger partial charge >= 0.3 is 0 Å². The Balaban J connectivity index is 2.37. The summed E-state index contributed by atoms with van der Waals surface area (Å²) in [6.07, 6.45) is 4.66. The van der Waals surface area contributed by atoms with Gasteiger partial charge < -0.3 is 10.4 Å². The topological polar surface area (TPSA) is 62.2 Å². The molecular weight excluding hydrogens is 252 g/mol. The zero-order chi connectivity index (χ0) is 13.6. The molecule has 0 atom stereocenters. The fourth-order valence-electron chi connectivity index (χ4n) is 1.50. The average Bonchev–Trinajstić information content (AvgIpc) is 2.35. The van der Waals surface area contributed by atoms with Crippen molar-refractivity contribution in [2.45, 2.75) is 26.7 Å². The number of rotatable bonds is 6. The molecule has 1 heterocycles. The van der Waals surface area contributed by atoms with Crippen LogP contribution in [0, 0.1) is 5.41 Å². The quantitative estimate of drug-likeness (QED) is 0.780. The second kappa shape index (κ2) is 6.71. The molecule has 0 aliphatic rings. The van der Waals surface area contributed by atoms with Crippen LogP contribution < -0.4 is 5.32 Å². The fraction of sp³-hybridized carbons (Fsp3) is 0.538. The predicted molar refractivity (Wildman–Crippen MR) is 71.7 cm³/mol. The van der Waals surface area contributed by atoms with Crippen molar-refractivity contribution in [3.05, 3.63) is 29.0 Å². The molecule has 5 heteroatoms. The molecule has 0 radical (unpaired) electrons. The zero-order valence-corrected chi connectivity index (χ0v) is 11.5. The van der Waals surface area contributed by atoms with Crippen LogP contribution in [-0.2, 0) is 0 Å². The SMILES string of the molecule is CC(C)(CO)CCCNC(=O)c1ccncc1Cl. The number of nitrogens with one attached hydrogen (secondary N) is 1. The molecule has 1 rings (SSSR count). The van der Waals surface area contributed by atoms with E-state index in [0.717, 1.165) is 12.8 Å². The van der Waals surface area contributed by atoms with Crippen molar-refractivity contribution in [3.63, 3.8) is 0 Å². The van der Waals surface area contributed by atoms with Gasteiger partial charge in [-0.15, -0.1) is 0 Å². The van der Waals surface area contributed by atoms with Gasteiger partial charge in [-0.2, -0.15) is 0 Å². The number of carbonyl (C=O) groups is 1. The Kier molecular flexibility index (Phi) is 5.56. The molecule has 0 bridgehead atoms. The lowest BCUT2D eigenvalue weighted by Gasteiger charge is -2.21. The minimum absolute atomic E-state index is 0.0982. The minimum atomic E-state index is -0.191. The summed E-state index contributed by atoms with van der Waals surface area (Å²) in [5, 5.41) is 12.3. The van der Waals surface area contributed by atoms with E-state index in [1.807, 2.05) is 13.8 Å². The van der Waals surface area contributed by atoms with Gasteiger partial charge in [0, 0.05) is 25.5 Å². The van der Waals surface area contributed by atoms with Gasteiger partial charge in [0.2, 0.25) is 0 Å². The van der Waals surface area contributed by atoms with Gasteiger partial charge in [-0.05, 0) is 24.3 Å². The smallest absolute Gasteiger partial charge is 0.252 e. The van der Waals surface area contributed by atoms with E-state index < -0.39 is 0 Å². The van der Waals surface area contributed by atoms with Gasteiger partial charge in [0.05, 0.1) is 10.6 Å². The fourth-order valence-corrected chi connectivity index (χ4v) is 1.71. The molecule has 1 amide bonds. The van der Waals surface area contributed by atoms with Crippen LogP contribution >= 0.6 is 11.6 Å². The molecule has 0 spiro atoms. The third-order valence-electron chi connectivity index (χ3n) is 2.76. The van der Waals surface area contributed by atoms with E-state index in [1.165, 1.54) is 12.4 Å². The maximum Gasteiger partial charge on any atom is 0.252 e. The Morgan fingerprint density at radius 3 is 2.89 bits per heavy atom. The highest BCUT2D eigenvalue weighted by atomic mass is 35.5. The molecule has 0 aliphatic carbocycles. The molecule has 0 aromatic carbocycles. The van der Waals surface area contributed by atoms with E-state index >= 15 is 0 Å². The van der Waals surface area contributed by atoms with Crippen LogP contribution in [0.15, 0.2) is 18.5 Å². The maximum absolute atomic E-state index is 11.8. The minimum Gasteiger partial charge on any atom is -0.396 e. The molecule has 0 fully saturated rings. The molecule has 0 aliphatic heterocycles. The number of aliphatic hydroxyl groups excluding tert-OH is 1. The maximum atomic E-state index is 11.8. The molecule has 0 saturated carbocycles.